The molecule has 0 saturated carbocycles. The quantitative estimate of drug-likeness (QED) is 0.526. The predicted octanol–water partition coefficient (Wildman–Crippen LogP) is 2.68. The van der Waals surface area contributed by atoms with Crippen molar-refractivity contribution in [1.29, 1.82) is 5.26 Å². The molecule has 0 atom stereocenters. The third-order valence-corrected chi connectivity index (χ3v) is 7.17. The first kappa shape index (κ1) is 23.9. The van der Waals surface area contributed by atoms with Crippen LogP contribution in [0.15, 0.2) is 26.8 Å². The highest BCUT2D eigenvalue weighted by Gasteiger charge is 2.22. The van der Waals surface area contributed by atoms with Crippen molar-refractivity contribution in [2.45, 2.75) is 39.5 Å². The number of aryl methyl sites for hydroxylation is 2. The molecular formula is C24H28N6O3S. The second kappa shape index (κ2) is 10.8. The number of pyridine rings is 1. The highest BCUT2D eigenvalue weighted by atomic mass is 32.1. The van der Waals surface area contributed by atoms with Crippen molar-refractivity contribution < 1.29 is 9.32 Å². The second-order valence-electron chi connectivity index (χ2n) is 8.48. The molecule has 0 unspecified atom stereocenters. The molecule has 3 aromatic heterocycles. The van der Waals surface area contributed by atoms with E-state index in [1.807, 2.05) is 35.4 Å². The lowest BCUT2D eigenvalue weighted by atomic mass is 9.99. The average molecular weight is 481 g/mol. The Morgan fingerprint density at radius 3 is 2.76 bits per heavy atom. The number of nitrogens with zero attached hydrogens (tertiary/aromatic N) is 5. The largest absolute Gasteiger partial charge is 0.340 e. The van der Waals surface area contributed by atoms with Crippen LogP contribution in [0.25, 0.3) is 10.7 Å². The summed E-state index contributed by atoms with van der Waals surface area (Å²) >= 11 is 1.59. The minimum absolute atomic E-state index is 0.107. The summed E-state index contributed by atoms with van der Waals surface area (Å²) in [7, 11) is 0. The van der Waals surface area contributed by atoms with Crippen LogP contribution >= 0.6 is 11.3 Å². The van der Waals surface area contributed by atoms with E-state index in [9.17, 15) is 14.9 Å². The van der Waals surface area contributed by atoms with Crippen molar-refractivity contribution in [3.05, 3.63) is 56.1 Å². The Bertz CT molecular complexity index is 1230. The zero-order valence-corrected chi connectivity index (χ0v) is 20.3. The summed E-state index contributed by atoms with van der Waals surface area (Å²) in [4.78, 5) is 37.1. The molecule has 1 fully saturated rings. The van der Waals surface area contributed by atoms with Crippen LogP contribution in [0, 0.1) is 25.2 Å². The zero-order chi connectivity index (χ0) is 24.1. The number of carbonyl (C=O) groups is 1. The molecule has 9 nitrogen and oxygen atoms in total. The van der Waals surface area contributed by atoms with Crippen LogP contribution in [0.4, 0.5) is 0 Å². The smallest absolute Gasteiger partial charge is 0.266 e. The highest BCUT2D eigenvalue weighted by Crippen LogP contribution is 2.21. The summed E-state index contributed by atoms with van der Waals surface area (Å²) in [6.45, 7) is 7.59. The van der Waals surface area contributed by atoms with E-state index in [0.29, 0.717) is 43.2 Å². The van der Waals surface area contributed by atoms with Gasteiger partial charge in [-0.1, -0.05) is 11.2 Å². The Hall–Kier alpha value is -3.29. The normalized spacial score (nSPS) is 14.3. The number of aromatic nitrogens is 3. The third kappa shape index (κ3) is 5.43. The molecule has 1 saturated heterocycles. The Morgan fingerprint density at radius 2 is 2.06 bits per heavy atom. The van der Waals surface area contributed by atoms with Crippen LogP contribution in [-0.4, -0.2) is 63.6 Å². The number of nitrogens with one attached hydrogen (secondary N) is 1. The molecule has 1 aliphatic heterocycles. The molecule has 1 N–H and O–H groups in total. The Labute approximate surface area is 202 Å². The van der Waals surface area contributed by atoms with Crippen LogP contribution in [0.2, 0.25) is 0 Å². The number of aromatic amines is 1. The van der Waals surface area contributed by atoms with Crippen molar-refractivity contribution in [1.82, 2.24) is 24.9 Å². The zero-order valence-electron chi connectivity index (χ0n) is 19.5. The van der Waals surface area contributed by atoms with Gasteiger partial charge in [-0.2, -0.15) is 10.2 Å². The minimum Gasteiger partial charge on any atom is -0.340 e. The summed E-state index contributed by atoms with van der Waals surface area (Å²) in [6.07, 6.45) is 2.54. The van der Waals surface area contributed by atoms with Gasteiger partial charge in [0.15, 0.2) is 0 Å². The van der Waals surface area contributed by atoms with Gasteiger partial charge < -0.3 is 14.4 Å². The number of thiophene rings is 1. The van der Waals surface area contributed by atoms with Crippen LogP contribution < -0.4 is 5.56 Å². The van der Waals surface area contributed by atoms with Gasteiger partial charge in [0.25, 0.3) is 5.56 Å². The van der Waals surface area contributed by atoms with Crippen molar-refractivity contribution in [2.75, 3.05) is 32.7 Å². The van der Waals surface area contributed by atoms with Crippen LogP contribution in [0.3, 0.4) is 0 Å². The van der Waals surface area contributed by atoms with Gasteiger partial charge in [0.1, 0.15) is 11.6 Å². The molecule has 3 aromatic rings. The maximum absolute atomic E-state index is 12.8. The molecule has 4 rings (SSSR count). The topological polar surface area (TPSA) is 119 Å². The van der Waals surface area contributed by atoms with Gasteiger partial charge in [-0.3, -0.25) is 14.5 Å². The van der Waals surface area contributed by atoms with E-state index in [0.717, 1.165) is 48.6 Å². The monoisotopic (exact) mass is 480 g/mol. The fourth-order valence-corrected chi connectivity index (χ4v) is 5.00. The second-order valence-corrected chi connectivity index (χ2v) is 9.43. The van der Waals surface area contributed by atoms with E-state index >= 15 is 0 Å². The molecule has 0 radical (unpaired) electrons. The maximum atomic E-state index is 12.8. The first-order chi connectivity index (χ1) is 16.5. The van der Waals surface area contributed by atoms with Gasteiger partial charge in [-0.05, 0) is 55.8 Å². The lowest BCUT2D eigenvalue weighted by molar-refractivity contribution is -0.132. The van der Waals surface area contributed by atoms with E-state index in [1.165, 1.54) is 0 Å². The lowest BCUT2D eigenvalue weighted by Gasteiger charge is -2.34. The number of nitriles is 1. The molecule has 0 bridgehead atoms. The van der Waals surface area contributed by atoms with Gasteiger partial charge >= 0.3 is 0 Å². The van der Waals surface area contributed by atoms with Gasteiger partial charge in [-0.25, -0.2) is 0 Å². The number of amides is 1. The lowest BCUT2D eigenvalue weighted by Crippen LogP contribution is -2.49. The first-order valence-electron chi connectivity index (χ1n) is 11.4. The SMILES string of the molecule is Cc1[nH]c(=O)c(C#N)c(C)c1CCC(=O)N1CCN(CCCc2nc(-c3cccs3)no2)CC1. The van der Waals surface area contributed by atoms with Gasteiger partial charge in [0.2, 0.25) is 17.6 Å². The number of H-pyrrole nitrogens is 1. The maximum Gasteiger partial charge on any atom is 0.266 e. The number of carbonyl (C=O) groups excluding carboxylic acids is 1. The molecule has 178 valence electrons. The Morgan fingerprint density at radius 1 is 1.26 bits per heavy atom. The highest BCUT2D eigenvalue weighted by molar-refractivity contribution is 7.13. The summed E-state index contributed by atoms with van der Waals surface area (Å²) in [5.41, 5.74) is 2.04. The van der Waals surface area contributed by atoms with E-state index < -0.39 is 0 Å². The molecule has 0 aromatic carbocycles. The number of hydrogen-bond acceptors (Lipinski definition) is 8. The number of rotatable bonds is 8. The molecule has 10 heteroatoms. The van der Waals surface area contributed by atoms with Gasteiger partial charge in [0.05, 0.1) is 4.88 Å². The third-order valence-electron chi connectivity index (χ3n) is 6.31. The molecule has 0 aliphatic carbocycles. The molecule has 4 heterocycles. The summed E-state index contributed by atoms with van der Waals surface area (Å²) in [6, 6.07) is 5.91. The van der Waals surface area contributed by atoms with Crippen LogP contribution in [0.5, 0.6) is 0 Å². The molecule has 0 spiro atoms. The van der Waals surface area contributed by atoms with Gasteiger partial charge in [-0.15, -0.1) is 11.3 Å². The van der Waals surface area contributed by atoms with Crippen molar-refractivity contribution in [3.8, 4) is 16.8 Å². The van der Waals surface area contributed by atoms with Crippen molar-refractivity contribution >= 4 is 17.2 Å². The molecular weight excluding hydrogens is 452 g/mol. The summed E-state index contributed by atoms with van der Waals surface area (Å²) in [5, 5.41) is 15.3. The van der Waals surface area contributed by atoms with Crippen molar-refractivity contribution in [3.63, 3.8) is 0 Å². The van der Waals surface area contributed by atoms with E-state index in [4.69, 9.17) is 4.52 Å². The Balaban J connectivity index is 1.20. The molecule has 1 amide bonds. The Kier molecular flexibility index (Phi) is 7.55. The standard InChI is InChI=1S/C24H28N6O3S/c1-16-18(17(2)26-24(32)19(16)15-25)7-8-22(31)30-12-10-29(11-13-30)9-3-6-21-27-23(28-33-21)20-5-4-14-34-20/h4-5,14H,3,6-13H2,1-2H3,(H,26,32). The van der Waals surface area contributed by atoms with E-state index in [-0.39, 0.29) is 17.0 Å². The molecule has 1 aliphatic rings. The van der Waals surface area contributed by atoms with Crippen LogP contribution in [0.1, 0.15) is 41.1 Å². The minimum atomic E-state index is -0.370. The summed E-state index contributed by atoms with van der Waals surface area (Å²) in [5.74, 6) is 1.41. The van der Waals surface area contributed by atoms with E-state index in [2.05, 4.69) is 20.0 Å². The fraction of sp³-hybridized carbons (Fsp3) is 0.458. The average Bonchev–Trinajstić information content (AvgIpc) is 3.51. The van der Waals surface area contributed by atoms with Crippen LogP contribution in [-0.2, 0) is 17.6 Å². The summed E-state index contributed by atoms with van der Waals surface area (Å²) < 4.78 is 5.36. The van der Waals surface area contributed by atoms with Crippen molar-refractivity contribution in [2.24, 2.45) is 0 Å². The first-order valence-corrected chi connectivity index (χ1v) is 12.3. The van der Waals surface area contributed by atoms with Gasteiger partial charge in [0, 0.05) is 44.7 Å². The number of hydrogen-bond donors (Lipinski definition) is 1. The fourth-order valence-electron chi connectivity index (χ4n) is 4.35. The number of piperazine rings is 1. The van der Waals surface area contributed by atoms with E-state index in [1.54, 1.807) is 18.3 Å². The molecule has 34 heavy (non-hydrogen) atoms. The predicted molar refractivity (Wildman–Crippen MR) is 129 cm³/mol.